The van der Waals surface area contributed by atoms with Crippen LogP contribution in [0.15, 0.2) is 0 Å². The van der Waals surface area contributed by atoms with Crippen molar-refractivity contribution in [3.8, 4) is 0 Å². The zero-order valence-corrected chi connectivity index (χ0v) is 11.7. The van der Waals surface area contributed by atoms with Gasteiger partial charge in [-0.25, -0.2) is 0 Å². The second-order valence-corrected chi connectivity index (χ2v) is 4.94. The monoisotopic (exact) mass is 244 g/mol. The number of methoxy groups -OCH3 is 1. The normalized spacial score (nSPS) is 26.6. The third-order valence-electron chi connectivity index (χ3n) is 3.83. The van der Waals surface area contributed by atoms with Gasteiger partial charge in [0.2, 0.25) is 0 Å². The van der Waals surface area contributed by atoms with E-state index in [4.69, 9.17) is 9.47 Å². The molecule has 17 heavy (non-hydrogen) atoms. The maximum atomic E-state index is 5.56. The molecule has 0 bridgehead atoms. The molecule has 0 amide bonds. The van der Waals surface area contributed by atoms with Crippen LogP contribution in [0.1, 0.15) is 20.3 Å². The molecule has 3 unspecified atom stereocenters. The zero-order valence-electron chi connectivity index (χ0n) is 11.7. The van der Waals surface area contributed by atoms with Crippen LogP contribution in [0.25, 0.3) is 0 Å². The molecule has 1 rings (SSSR count). The molecule has 0 aromatic heterocycles. The van der Waals surface area contributed by atoms with Crippen LogP contribution in [0, 0.1) is 5.92 Å². The highest BCUT2D eigenvalue weighted by Crippen LogP contribution is 2.17. The van der Waals surface area contributed by atoms with Gasteiger partial charge in [0.15, 0.2) is 0 Å². The lowest BCUT2D eigenvalue weighted by Crippen LogP contribution is -2.44. The zero-order chi connectivity index (χ0) is 12.7. The number of ether oxygens (including phenoxy) is 2. The molecule has 1 N–H and O–H groups in total. The Kier molecular flexibility index (Phi) is 7.04. The lowest BCUT2D eigenvalue weighted by atomic mass is 10.0. The second kappa shape index (κ2) is 8.03. The molecule has 1 heterocycles. The predicted molar refractivity (Wildman–Crippen MR) is 70.4 cm³/mol. The van der Waals surface area contributed by atoms with Gasteiger partial charge < -0.3 is 14.8 Å². The van der Waals surface area contributed by atoms with Gasteiger partial charge >= 0.3 is 0 Å². The molecule has 1 saturated heterocycles. The van der Waals surface area contributed by atoms with E-state index in [0.29, 0.717) is 18.0 Å². The molecule has 0 aromatic carbocycles. The van der Waals surface area contributed by atoms with Gasteiger partial charge in [-0.05, 0) is 20.4 Å². The van der Waals surface area contributed by atoms with Gasteiger partial charge in [-0.1, -0.05) is 6.92 Å². The van der Waals surface area contributed by atoms with E-state index in [0.717, 1.165) is 32.9 Å². The molecule has 102 valence electrons. The summed E-state index contributed by atoms with van der Waals surface area (Å²) >= 11 is 0. The van der Waals surface area contributed by atoms with Crippen molar-refractivity contribution in [3.63, 3.8) is 0 Å². The van der Waals surface area contributed by atoms with Crippen molar-refractivity contribution in [3.05, 3.63) is 0 Å². The molecule has 0 spiro atoms. The molecule has 0 aromatic rings. The SMILES string of the molecule is CCC(C)N(CCOC)CC1COCC1NC. The van der Waals surface area contributed by atoms with Gasteiger partial charge in [-0.2, -0.15) is 0 Å². The number of rotatable bonds is 8. The van der Waals surface area contributed by atoms with Crippen LogP contribution in [0.3, 0.4) is 0 Å². The van der Waals surface area contributed by atoms with Gasteiger partial charge in [0.1, 0.15) is 0 Å². The van der Waals surface area contributed by atoms with E-state index in [1.54, 1.807) is 7.11 Å². The lowest BCUT2D eigenvalue weighted by molar-refractivity contribution is 0.102. The fourth-order valence-corrected chi connectivity index (χ4v) is 2.36. The summed E-state index contributed by atoms with van der Waals surface area (Å²) in [4.78, 5) is 2.52. The van der Waals surface area contributed by atoms with Crippen molar-refractivity contribution >= 4 is 0 Å². The highest BCUT2D eigenvalue weighted by Gasteiger charge is 2.29. The van der Waals surface area contributed by atoms with Crippen LogP contribution in [0.5, 0.6) is 0 Å². The quantitative estimate of drug-likeness (QED) is 0.690. The summed E-state index contributed by atoms with van der Waals surface area (Å²) in [5.74, 6) is 0.603. The van der Waals surface area contributed by atoms with Crippen molar-refractivity contribution < 1.29 is 9.47 Å². The Labute approximate surface area is 106 Å². The molecule has 0 radical (unpaired) electrons. The van der Waals surface area contributed by atoms with Crippen molar-refractivity contribution in [2.75, 3.05) is 47.1 Å². The lowest BCUT2D eigenvalue weighted by Gasteiger charge is -2.31. The molecular weight excluding hydrogens is 216 g/mol. The van der Waals surface area contributed by atoms with Crippen molar-refractivity contribution in [1.82, 2.24) is 10.2 Å². The molecule has 0 saturated carbocycles. The van der Waals surface area contributed by atoms with Gasteiger partial charge in [0.05, 0.1) is 19.8 Å². The average Bonchev–Trinajstić information content (AvgIpc) is 2.80. The topological polar surface area (TPSA) is 33.7 Å². The fourth-order valence-electron chi connectivity index (χ4n) is 2.36. The highest BCUT2D eigenvalue weighted by molar-refractivity contribution is 4.83. The fraction of sp³-hybridized carbons (Fsp3) is 1.00. The summed E-state index contributed by atoms with van der Waals surface area (Å²) in [6.45, 7) is 9.18. The van der Waals surface area contributed by atoms with Gasteiger partial charge in [0.25, 0.3) is 0 Å². The molecule has 3 atom stereocenters. The van der Waals surface area contributed by atoms with E-state index < -0.39 is 0 Å². The standard InChI is InChI=1S/C13H28N2O2/c1-5-11(2)15(6-7-16-4)8-12-9-17-10-13(12)14-3/h11-14H,5-10H2,1-4H3. The van der Waals surface area contributed by atoms with Crippen LogP contribution in [0.2, 0.25) is 0 Å². The molecule has 1 aliphatic heterocycles. The summed E-state index contributed by atoms with van der Waals surface area (Å²) in [6, 6.07) is 1.12. The van der Waals surface area contributed by atoms with Crippen LogP contribution >= 0.6 is 0 Å². The maximum absolute atomic E-state index is 5.56. The van der Waals surface area contributed by atoms with Gasteiger partial charge in [-0.3, -0.25) is 4.90 Å². The van der Waals surface area contributed by atoms with Gasteiger partial charge in [-0.15, -0.1) is 0 Å². The van der Waals surface area contributed by atoms with E-state index in [2.05, 4.69) is 24.1 Å². The predicted octanol–water partition coefficient (Wildman–Crippen LogP) is 0.968. The largest absolute Gasteiger partial charge is 0.383 e. The number of hydrogen-bond donors (Lipinski definition) is 1. The van der Waals surface area contributed by atoms with E-state index in [-0.39, 0.29) is 0 Å². The summed E-state index contributed by atoms with van der Waals surface area (Å²) in [5, 5.41) is 3.35. The number of nitrogens with one attached hydrogen (secondary N) is 1. The van der Waals surface area contributed by atoms with Crippen LogP contribution in [-0.2, 0) is 9.47 Å². The summed E-state index contributed by atoms with van der Waals surface area (Å²) in [5.41, 5.74) is 0. The minimum atomic E-state index is 0.504. The Morgan fingerprint density at radius 1 is 1.47 bits per heavy atom. The first-order valence-electron chi connectivity index (χ1n) is 6.70. The highest BCUT2D eigenvalue weighted by atomic mass is 16.5. The Bertz CT molecular complexity index is 202. The number of hydrogen-bond acceptors (Lipinski definition) is 4. The van der Waals surface area contributed by atoms with E-state index in [1.807, 2.05) is 7.05 Å². The van der Waals surface area contributed by atoms with Crippen LogP contribution in [-0.4, -0.2) is 64.1 Å². The molecular formula is C13H28N2O2. The minimum absolute atomic E-state index is 0.504. The van der Waals surface area contributed by atoms with Crippen LogP contribution in [0.4, 0.5) is 0 Å². The number of nitrogens with zero attached hydrogens (tertiary/aromatic N) is 1. The third kappa shape index (κ3) is 4.54. The molecule has 1 aliphatic rings. The maximum Gasteiger partial charge on any atom is 0.0623 e. The van der Waals surface area contributed by atoms with Crippen molar-refractivity contribution in [2.24, 2.45) is 5.92 Å². The number of likely N-dealkylation sites (N-methyl/N-ethyl adjacent to an activating group) is 1. The molecule has 1 fully saturated rings. The summed E-state index contributed by atoms with van der Waals surface area (Å²) in [6.07, 6.45) is 1.18. The van der Waals surface area contributed by atoms with Gasteiger partial charge in [0, 0.05) is 38.2 Å². The van der Waals surface area contributed by atoms with E-state index in [9.17, 15) is 0 Å². The average molecular weight is 244 g/mol. The summed E-state index contributed by atoms with van der Waals surface area (Å²) < 4.78 is 10.8. The Morgan fingerprint density at radius 3 is 2.82 bits per heavy atom. The van der Waals surface area contributed by atoms with Crippen LogP contribution < -0.4 is 5.32 Å². The first-order chi connectivity index (χ1) is 8.22. The van der Waals surface area contributed by atoms with E-state index in [1.165, 1.54) is 6.42 Å². The Balaban J connectivity index is 2.46. The minimum Gasteiger partial charge on any atom is -0.383 e. The van der Waals surface area contributed by atoms with E-state index >= 15 is 0 Å². The van der Waals surface area contributed by atoms with Crippen molar-refractivity contribution in [1.29, 1.82) is 0 Å². The molecule has 4 heteroatoms. The summed E-state index contributed by atoms with van der Waals surface area (Å²) in [7, 11) is 3.79. The first kappa shape index (κ1) is 14.9. The Hall–Kier alpha value is -0.160. The van der Waals surface area contributed by atoms with Crippen molar-refractivity contribution in [2.45, 2.75) is 32.4 Å². The second-order valence-electron chi connectivity index (χ2n) is 4.94. The first-order valence-corrected chi connectivity index (χ1v) is 6.70. The molecule has 0 aliphatic carbocycles. The third-order valence-corrected chi connectivity index (χ3v) is 3.83. The molecule has 4 nitrogen and oxygen atoms in total. The smallest absolute Gasteiger partial charge is 0.0623 e. The Morgan fingerprint density at radius 2 is 2.24 bits per heavy atom.